The molecule has 2 aliphatic rings. The molecule has 0 aromatic heterocycles. The van der Waals surface area contributed by atoms with E-state index in [-0.39, 0.29) is 0 Å². The van der Waals surface area contributed by atoms with Crippen LogP contribution in [0.4, 0.5) is 0 Å². The highest BCUT2D eigenvalue weighted by atomic mass is 14.3. The van der Waals surface area contributed by atoms with Crippen LogP contribution in [0.5, 0.6) is 0 Å². The van der Waals surface area contributed by atoms with Crippen molar-refractivity contribution in [3.63, 3.8) is 0 Å². The lowest BCUT2D eigenvalue weighted by Gasteiger charge is -2.11. The highest BCUT2D eigenvalue weighted by Gasteiger charge is 2.26. The molecule has 0 heteroatoms. The van der Waals surface area contributed by atoms with Gasteiger partial charge in [-0.3, -0.25) is 0 Å². The summed E-state index contributed by atoms with van der Waals surface area (Å²) in [6.07, 6.45) is 2.19. The second-order valence-corrected chi connectivity index (χ2v) is 8.96. The number of benzene rings is 4. The Labute approximate surface area is 179 Å². The predicted molar refractivity (Wildman–Crippen MR) is 126 cm³/mol. The zero-order valence-electron chi connectivity index (χ0n) is 17.7. The first-order valence-corrected chi connectivity index (χ1v) is 11.1. The van der Waals surface area contributed by atoms with Crippen molar-refractivity contribution >= 4 is 0 Å². The average Bonchev–Trinajstić information content (AvgIpc) is 3.24. The fraction of sp³-hybridized carbons (Fsp3) is 0.200. The quantitative estimate of drug-likeness (QED) is 0.338. The van der Waals surface area contributed by atoms with E-state index < -0.39 is 0 Å². The van der Waals surface area contributed by atoms with E-state index in [0.29, 0.717) is 11.8 Å². The third-order valence-corrected chi connectivity index (χ3v) is 7.30. The Morgan fingerprint density at radius 3 is 1.33 bits per heavy atom. The van der Waals surface area contributed by atoms with Crippen molar-refractivity contribution in [3.8, 4) is 22.3 Å². The fourth-order valence-corrected chi connectivity index (χ4v) is 5.61. The number of rotatable bonds is 3. The zero-order chi connectivity index (χ0) is 20.2. The lowest BCUT2D eigenvalue weighted by Crippen LogP contribution is -1.96. The summed E-state index contributed by atoms with van der Waals surface area (Å²) >= 11 is 0. The minimum Gasteiger partial charge on any atom is -0.0619 e. The molecule has 0 bridgehead atoms. The molecule has 0 N–H and O–H groups in total. The van der Waals surface area contributed by atoms with Crippen LogP contribution in [0.25, 0.3) is 22.3 Å². The Bertz CT molecular complexity index is 1180. The van der Waals surface area contributed by atoms with Crippen molar-refractivity contribution in [2.45, 2.75) is 38.5 Å². The van der Waals surface area contributed by atoms with E-state index in [4.69, 9.17) is 0 Å². The summed E-state index contributed by atoms with van der Waals surface area (Å²) in [7, 11) is 0. The van der Waals surface area contributed by atoms with Crippen molar-refractivity contribution < 1.29 is 0 Å². The Morgan fingerprint density at radius 1 is 0.467 bits per heavy atom. The molecule has 4 aromatic rings. The molecule has 6 rings (SSSR count). The van der Waals surface area contributed by atoms with Crippen molar-refractivity contribution in [2.75, 3.05) is 0 Å². The Morgan fingerprint density at radius 2 is 0.867 bits per heavy atom. The van der Waals surface area contributed by atoms with Gasteiger partial charge in [-0.1, -0.05) is 98.8 Å². The maximum atomic E-state index is 2.45. The molecule has 0 unspecified atom stereocenters. The number of hydrogen-bond donors (Lipinski definition) is 0. The van der Waals surface area contributed by atoms with E-state index in [1.165, 1.54) is 55.6 Å². The Hall–Kier alpha value is -3.12. The molecular formula is C30H26. The molecule has 4 aromatic carbocycles. The molecule has 2 aliphatic carbocycles. The molecule has 0 nitrogen and oxygen atoms in total. The van der Waals surface area contributed by atoms with Crippen LogP contribution >= 0.6 is 0 Å². The first-order chi connectivity index (χ1) is 14.7. The van der Waals surface area contributed by atoms with Crippen LogP contribution in [-0.4, -0.2) is 0 Å². The molecule has 0 saturated heterocycles. The van der Waals surface area contributed by atoms with Crippen LogP contribution in [0.15, 0.2) is 84.9 Å². The first kappa shape index (κ1) is 17.7. The van der Waals surface area contributed by atoms with E-state index >= 15 is 0 Å². The summed E-state index contributed by atoms with van der Waals surface area (Å²) in [6, 6.07) is 32.0. The van der Waals surface area contributed by atoms with Gasteiger partial charge in [0.15, 0.2) is 0 Å². The van der Waals surface area contributed by atoms with Gasteiger partial charge in [0.2, 0.25) is 0 Å². The summed E-state index contributed by atoms with van der Waals surface area (Å²) in [4.78, 5) is 0. The predicted octanol–water partition coefficient (Wildman–Crippen LogP) is 7.74. The summed E-state index contributed by atoms with van der Waals surface area (Å²) in [5.74, 6) is 0.992. The number of hydrogen-bond acceptors (Lipinski definition) is 0. The van der Waals surface area contributed by atoms with E-state index in [0.717, 1.165) is 12.8 Å². The normalized spacial score (nSPS) is 17.9. The molecule has 0 amide bonds. The van der Waals surface area contributed by atoms with Gasteiger partial charge in [0.1, 0.15) is 0 Å². The topological polar surface area (TPSA) is 0 Å². The van der Waals surface area contributed by atoms with Crippen LogP contribution in [0, 0.1) is 0 Å². The molecule has 146 valence electrons. The fourth-order valence-electron chi connectivity index (χ4n) is 5.61. The van der Waals surface area contributed by atoms with E-state index in [1.54, 1.807) is 0 Å². The van der Waals surface area contributed by atoms with Gasteiger partial charge in [-0.05, 0) is 68.5 Å². The SMILES string of the molecule is C[C@@H]1c2ccccc2-c2ccc(CCc3ccc4c(c3)[C@@H](C)c3ccccc3-4)cc21. The van der Waals surface area contributed by atoms with Crippen LogP contribution < -0.4 is 0 Å². The van der Waals surface area contributed by atoms with Crippen LogP contribution in [0.2, 0.25) is 0 Å². The Kier molecular flexibility index (Phi) is 3.96. The standard InChI is InChI=1S/C30H26/c1-19-23-7-3-5-9-25(23)27-15-13-21(17-29(19)27)11-12-22-14-16-28-26-10-6-4-8-24(26)20(2)30(28)18-22/h3-10,13-20H,11-12H2,1-2H3/t19-,20+. The molecule has 0 fully saturated rings. The van der Waals surface area contributed by atoms with Crippen LogP contribution in [0.3, 0.4) is 0 Å². The molecule has 0 heterocycles. The van der Waals surface area contributed by atoms with Gasteiger partial charge in [-0.15, -0.1) is 0 Å². The van der Waals surface area contributed by atoms with Crippen molar-refractivity contribution in [2.24, 2.45) is 0 Å². The third kappa shape index (κ3) is 2.60. The lowest BCUT2D eigenvalue weighted by atomic mass is 9.94. The maximum Gasteiger partial charge on any atom is 0.00734 e. The highest BCUT2D eigenvalue weighted by molar-refractivity contribution is 5.80. The van der Waals surface area contributed by atoms with Gasteiger partial charge in [-0.25, -0.2) is 0 Å². The maximum absolute atomic E-state index is 2.45. The molecule has 0 radical (unpaired) electrons. The third-order valence-electron chi connectivity index (χ3n) is 7.30. The van der Waals surface area contributed by atoms with E-state index in [1.807, 2.05) is 0 Å². The minimum absolute atomic E-state index is 0.496. The molecule has 0 saturated carbocycles. The minimum atomic E-state index is 0.496. The highest BCUT2D eigenvalue weighted by Crippen LogP contribution is 2.46. The van der Waals surface area contributed by atoms with Gasteiger partial charge in [0, 0.05) is 11.8 Å². The number of aryl methyl sites for hydroxylation is 2. The Balaban J connectivity index is 1.25. The van der Waals surface area contributed by atoms with E-state index in [2.05, 4.69) is 98.8 Å². The summed E-state index contributed by atoms with van der Waals surface area (Å²) < 4.78 is 0. The van der Waals surface area contributed by atoms with Gasteiger partial charge in [-0.2, -0.15) is 0 Å². The molecular weight excluding hydrogens is 360 g/mol. The average molecular weight is 387 g/mol. The van der Waals surface area contributed by atoms with E-state index in [9.17, 15) is 0 Å². The van der Waals surface area contributed by atoms with Gasteiger partial charge in [0.05, 0.1) is 0 Å². The van der Waals surface area contributed by atoms with Gasteiger partial charge >= 0.3 is 0 Å². The summed E-state index contributed by atoms with van der Waals surface area (Å²) in [5, 5.41) is 0. The smallest absolute Gasteiger partial charge is 0.00734 e. The molecule has 30 heavy (non-hydrogen) atoms. The van der Waals surface area contributed by atoms with Crippen molar-refractivity contribution in [1.82, 2.24) is 0 Å². The largest absolute Gasteiger partial charge is 0.0619 e. The molecule has 0 spiro atoms. The monoisotopic (exact) mass is 386 g/mol. The van der Waals surface area contributed by atoms with Gasteiger partial charge in [0.25, 0.3) is 0 Å². The van der Waals surface area contributed by atoms with Gasteiger partial charge < -0.3 is 0 Å². The number of fused-ring (bicyclic) bond motifs is 6. The second-order valence-electron chi connectivity index (χ2n) is 8.96. The molecule has 2 atom stereocenters. The zero-order valence-corrected chi connectivity index (χ0v) is 17.7. The van der Waals surface area contributed by atoms with Crippen LogP contribution in [-0.2, 0) is 12.8 Å². The summed E-state index contributed by atoms with van der Waals surface area (Å²) in [6.45, 7) is 4.68. The molecule has 0 aliphatic heterocycles. The van der Waals surface area contributed by atoms with Crippen molar-refractivity contribution in [3.05, 3.63) is 118 Å². The summed E-state index contributed by atoms with van der Waals surface area (Å²) in [5.41, 5.74) is 14.5. The van der Waals surface area contributed by atoms with Crippen molar-refractivity contribution in [1.29, 1.82) is 0 Å². The lowest BCUT2D eigenvalue weighted by molar-refractivity contribution is 0.917. The second kappa shape index (κ2) is 6.71. The van der Waals surface area contributed by atoms with Crippen LogP contribution in [0.1, 0.15) is 59.1 Å². The first-order valence-electron chi connectivity index (χ1n) is 11.1.